The molecule has 1 atom stereocenters. The second kappa shape index (κ2) is 9.32. The molecule has 0 heterocycles. The molecule has 0 bridgehead atoms. The molecule has 0 aliphatic heterocycles. The van der Waals surface area contributed by atoms with E-state index in [4.69, 9.17) is 16.3 Å². The van der Waals surface area contributed by atoms with Gasteiger partial charge in [0.25, 0.3) is 0 Å². The topological polar surface area (TPSA) is 21.3 Å². The lowest BCUT2D eigenvalue weighted by Crippen LogP contribution is -2.30. The third kappa shape index (κ3) is 6.27. The summed E-state index contributed by atoms with van der Waals surface area (Å²) in [6.45, 7) is 12.6. The van der Waals surface area contributed by atoms with Crippen LogP contribution in [0.25, 0.3) is 0 Å². The van der Waals surface area contributed by atoms with E-state index in [2.05, 4.69) is 39.1 Å². The van der Waals surface area contributed by atoms with E-state index in [1.54, 1.807) is 0 Å². The maximum Gasteiger partial charge on any atom is 0.123 e. The van der Waals surface area contributed by atoms with E-state index in [9.17, 15) is 0 Å². The van der Waals surface area contributed by atoms with Crippen molar-refractivity contribution in [3.8, 4) is 5.75 Å². The molecule has 1 aromatic rings. The van der Waals surface area contributed by atoms with Crippen LogP contribution in [-0.4, -0.2) is 19.2 Å². The van der Waals surface area contributed by atoms with Crippen LogP contribution < -0.4 is 10.1 Å². The van der Waals surface area contributed by atoms with Crippen molar-refractivity contribution >= 4 is 11.6 Å². The van der Waals surface area contributed by atoms with Gasteiger partial charge in [0.15, 0.2) is 0 Å². The van der Waals surface area contributed by atoms with Crippen LogP contribution in [0.2, 0.25) is 5.02 Å². The monoisotopic (exact) mass is 311 g/mol. The van der Waals surface area contributed by atoms with Crippen LogP contribution in [-0.2, 0) is 0 Å². The Morgan fingerprint density at radius 2 is 1.90 bits per heavy atom. The molecule has 0 aliphatic rings. The van der Waals surface area contributed by atoms with Gasteiger partial charge >= 0.3 is 0 Å². The van der Waals surface area contributed by atoms with E-state index in [0.717, 1.165) is 29.4 Å². The van der Waals surface area contributed by atoms with Crippen LogP contribution >= 0.6 is 11.6 Å². The fraction of sp³-hybridized carbons (Fsp3) is 0.667. The average Bonchev–Trinajstić information content (AvgIpc) is 2.42. The predicted octanol–water partition coefficient (Wildman–Crippen LogP) is 5.32. The molecular formula is C18H30ClNO. The Bertz CT molecular complexity index is 431. The van der Waals surface area contributed by atoms with E-state index in [1.165, 1.54) is 24.8 Å². The molecule has 1 N–H and O–H groups in total. The zero-order valence-electron chi connectivity index (χ0n) is 14.1. The molecule has 0 amide bonds. The predicted molar refractivity (Wildman–Crippen MR) is 92.8 cm³/mol. The highest BCUT2D eigenvalue weighted by atomic mass is 35.5. The van der Waals surface area contributed by atoms with Gasteiger partial charge in [-0.2, -0.15) is 0 Å². The standard InChI is InChI=1S/C18H30ClNO/c1-6-7-8-9-20-12-15(5)21-18-10-14(4)17(19)11-16(18)13(2)3/h10-11,13,15,20H,6-9,12H2,1-5H3. The minimum absolute atomic E-state index is 0.157. The molecule has 0 fully saturated rings. The lowest BCUT2D eigenvalue weighted by atomic mass is 10.0. The van der Waals surface area contributed by atoms with Gasteiger partial charge in [0, 0.05) is 11.6 Å². The minimum Gasteiger partial charge on any atom is -0.489 e. The minimum atomic E-state index is 0.157. The Balaban J connectivity index is 2.58. The van der Waals surface area contributed by atoms with E-state index >= 15 is 0 Å². The number of unbranched alkanes of at least 4 members (excludes halogenated alkanes) is 2. The zero-order chi connectivity index (χ0) is 15.8. The van der Waals surface area contributed by atoms with Crippen molar-refractivity contribution in [1.82, 2.24) is 5.32 Å². The third-order valence-corrected chi connectivity index (χ3v) is 4.04. The fourth-order valence-corrected chi connectivity index (χ4v) is 2.46. The van der Waals surface area contributed by atoms with Crippen LogP contribution in [0.15, 0.2) is 12.1 Å². The van der Waals surface area contributed by atoms with Crippen LogP contribution in [0.1, 0.15) is 64.0 Å². The summed E-state index contributed by atoms with van der Waals surface area (Å²) in [5.41, 5.74) is 2.25. The van der Waals surface area contributed by atoms with Crippen molar-refractivity contribution in [2.75, 3.05) is 13.1 Å². The molecular weight excluding hydrogens is 282 g/mol. The number of rotatable bonds is 9. The Morgan fingerprint density at radius 3 is 2.52 bits per heavy atom. The lowest BCUT2D eigenvalue weighted by molar-refractivity contribution is 0.214. The molecule has 0 aromatic heterocycles. The summed E-state index contributed by atoms with van der Waals surface area (Å²) in [6.07, 6.45) is 3.94. The number of ether oxygens (including phenoxy) is 1. The molecule has 2 nitrogen and oxygen atoms in total. The van der Waals surface area contributed by atoms with Gasteiger partial charge in [-0.25, -0.2) is 0 Å². The SMILES string of the molecule is CCCCCNCC(C)Oc1cc(C)c(Cl)cc1C(C)C. The van der Waals surface area contributed by atoms with Crippen LogP contribution in [0, 0.1) is 6.92 Å². The highest BCUT2D eigenvalue weighted by molar-refractivity contribution is 6.31. The second-order valence-corrected chi connectivity index (χ2v) is 6.54. The molecule has 0 saturated heterocycles. The first-order valence-electron chi connectivity index (χ1n) is 8.13. The first kappa shape index (κ1) is 18.3. The molecule has 3 heteroatoms. The number of benzene rings is 1. The van der Waals surface area contributed by atoms with Gasteiger partial charge in [-0.15, -0.1) is 0 Å². The lowest BCUT2D eigenvalue weighted by Gasteiger charge is -2.20. The van der Waals surface area contributed by atoms with Gasteiger partial charge in [0.1, 0.15) is 11.9 Å². The van der Waals surface area contributed by atoms with Crippen molar-refractivity contribution in [1.29, 1.82) is 0 Å². The maximum absolute atomic E-state index is 6.23. The van der Waals surface area contributed by atoms with Gasteiger partial charge in [0.05, 0.1) is 0 Å². The highest BCUT2D eigenvalue weighted by Gasteiger charge is 2.13. The smallest absolute Gasteiger partial charge is 0.123 e. The van der Waals surface area contributed by atoms with Crippen LogP contribution in [0.3, 0.4) is 0 Å². The van der Waals surface area contributed by atoms with Crippen LogP contribution in [0.4, 0.5) is 0 Å². The highest BCUT2D eigenvalue weighted by Crippen LogP contribution is 2.32. The summed E-state index contributed by atoms with van der Waals surface area (Å²) in [5.74, 6) is 1.37. The Kier molecular flexibility index (Phi) is 8.13. The average molecular weight is 312 g/mol. The maximum atomic E-state index is 6.23. The normalized spacial score (nSPS) is 12.7. The summed E-state index contributed by atoms with van der Waals surface area (Å²) in [6, 6.07) is 4.10. The second-order valence-electron chi connectivity index (χ2n) is 6.13. The van der Waals surface area contributed by atoms with E-state index in [1.807, 2.05) is 13.0 Å². The molecule has 0 saturated carbocycles. The third-order valence-electron chi connectivity index (χ3n) is 3.63. The van der Waals surface area contributed by atoms with Crippen LogP contribution in [0.5, 0.6) is 5.75 Å². The Morgan fingerprint density at radius 1 is 1.19 bits per heavy atom. The van der Waals surface area contributed by atoms with Gasteiger partial charge in [-0.3, -0.25) is 0 Å². The molecule has 1 aromatic carbocycles. The number of hydrogen-bond acceptors (Lipinski definition) is 2. The van der Waals surface area contributed by atoms with Crippen molar-refractivity contribution in [3.05, 3.63) is 28.3 Å². The molecule has 0 spiro atoms. The van der Waals surface area contributed by atoms with E-state index in [-0.39, 0.29) is 6.10 Å². The Hall–Kier alpha value is -0.730. The number of hydrogen-bond donors (Lipinski definition) is 1. The van der Waals surface area contributed by atoms with Crippen molar-refractivity contribution < 1.29 is 4.74 Å². The van der Waals surface area contributed by atoms with Gasteiger partial charge in [-0.1, -0.05) is 45.2 Å². The first-order chi connectivity index (χ1) is 9.95. The van der Waals surface area contributed by atoms with Crippen molar-refractivity contribution in [2.45, 2.75) is 65.9 Å². The molecule has 0 radical (unpaired) electrons. The summed E-state index contributed by atoms with van der Waals surface area (Å²) in [4.78, 5) is 0. The summed E-state index contributed by atoms with van der Waals surface area (Å²) < 4.78 is 6.13. The number of halogens is 1. The number of nitrogens with one attached hydrogen (secondary N) is 1. The number of aryl methyl sites for hydroxylation is 1. The van der Waals surface area contributed by atoms with Crippen molar-refractivity contribution in [2.24, 2.45) is 0 Å². The van der Waals surface area contributed by atoms with Gasteiger partial charge in [0.2, 0.25) is 0 Å². The van der Waals surface area contributed by atoms with Crippen molar-refractivity contribution in [3.63, 3.8) is 0 Å². The fourth-order valence-electron chi connectivity index (χ4n) is 2.29. The molecule has 120 valence electrons. The Labute approximate surface area is 135 Å². The summed E-state index contributed by atoms with van der Waals surface area (Å²) in [5, 5.41) is 4.28. The largest absolute Gasteiger partial charge is 0.489 e. The molecule has 1 unspecified atom stereocenters. The summed E-state index contributed by atoms with van der Waals surface area (Å²) >= 11 is 6.23. The van der Waals surface area contributed by atoms with E-state index in [0.29, 0.717) is 5.92 Å². The summed E-state index contributed by atoms with van der Waals surface area (Å²) in [7, 11) is 0. The first-order valence-corrected chi connectivity index (χ1v) is 8.50. The quantitative estimate of drug-likeness (QED) is 0.623. The molecule has 1 rings (SSSR count). The molecule has 0 aliphatic carbocycles. The zero-order valence-corrected chi connectivity index (χ0v) is 14.9. The molecule has 21 heavy (non-hydrogen) atoms. The van der Waals surface area contributed by atoms with Gasteiger partial charge < -0.3 is 10.1 Å². The van der Waals surface area contributed by atoms with Gasteiger partial charge in [-0.05, 0) is 56.0 Å². The van der Waals surface area contributed by atoms with E-state index < -0.39 is 0 Å².